The Morgan fingerprint density at radius 1 is 1.30 bits per heavy atom. The Morgan fingerprint density at radius 3 is 2.60 bits per heavy atom. The molecule has 1 heterocycles. The molecule has 1 aromatic carbocycles. The Bertz CT molecular complexity index is 441. The predicted octanol–water partition coefficient (Wildman–Crippen LogP) is 3.20. The van der Waals surface area contributed by atoms with Gasteiger partial charge in [0.05, 0.1) is 13.7 Å². The molecular weight excluding hydrogens is 250 g/mol. The highest BCUT2D eigenvalue weighted by molar-refractivity contribution is 5.37. The van der Waals surface area contributed by atoms with Crippen LogP contribution in [-0.2, 0) is 13.2 Å². The topological polar surface area (TPSA) is 32.7 Å². The van der Waals surface area contributed by atoms with Crippen LogP contribution in [0.2, 0.25) is 0 Å². The third kappa shape index (κ3) is 3.15. The first-order valence-electron chi connectivity index (χ1n) is 7.65. The minimum atomic E-state index is 0.0881. The van der Waals surface area contributed by atoms with Crippen molar-refractivity contribution in [2.24, 2.45) is 5.41 Å². The molecular formula is C17H27NO2. The highest BCUT2D eigenvalue weighted by Gasteiger charge is 2.34. The normalized spacial score (nSPS) is 18.4. The average Bonchev–Trinajstić information content (AvgIpc) is 2.91. The van der Waals surface area contributed by atoms with Crippen molar-refractivity contribution >= 4 is 0 Å². The third-order valence-corrected chi connectivity index (χ3v) is 4.94. The summed E-state index contributed by atoms with van der Waals surface area (Å²) in [7, 11) is 1.71. The molecule has 3 nitrogen and oxygen atoms in total. The number of rotatable bonds is 6. The van der Waals surface area contributed by atoms with Crippen LogP contribution >= 0.6 is 0 Å². The van der Waals surface area contributed by atoms with E-state index < -0.39 is 0 Å². The lowest BCUT2D eigenvalue weighted by atomic mass is 9.82. The number of ether oxygens (including phenoxy) is 1. The fraction of sp³-hybridized carbons (Fsp3) is 0.647. The average molecular weight is 277 g/mol. The van der Waals surface area contributed by atoms with Crippen molar-refractivity contribution in [2.45, 2.75) is 46.3 Å². The van der Waals surface area contributed by atoms with Crippen LogP contribution < -0.4 is 4.74 Å². The van der Waals surface area contributed by atoms with E-state index >= 15 is 0 Å². The number of nitrogens with zero attached hydrogens (tertiary/aromatic N) is 1. The largest absolute Gasteiger partial charge is 0.496 e. The van der Waals surface area contributed by atoms with E-state index in [1.54, 1.807) is 7.11 Å². The lowest BCUT2D eigenvalue weighted by Crippen LogP contribution is -2.26. The smallest absolute Gasteiger partial charge is 0.123 e. The number of hydrogen-bond acceptors (Lipinski definition) is 3. The van der Waals surface area contributed by atoms with Gasteiger partial charge in [-0.3, -0.25) is 4.90 Å². The molecule has 112 valence electrons. The van der Waals surface area contributed by atoms with Gasteiger partial charge in [0, 0.05) is 18.7 Å². The molecule has 2 rings (SSSR count). The van der Waals surface area contributed by atoms with Crippen molar-refractivity contribution in [3.8, 4) is 5.75 Å². The Hall–Kier alpha value is -1.06. The SMILES string of the molecule is CCC1(CC)CCN(Cc2cc(CO)ccc2OC)C1. The molecule has 0 bridgehead atoms. The zero-order valence-electron chi connectivity index (χ0n) is 13.0. The van der Waals surface area contributed by atoms with E-state index in [0.717, 1.165) is 24.4 Å². The molecule has 0 atom stereocenters. The van der Waals surface area contributed by atoms with E-state index in [-0.39, 0.29) is 6.61 Å². The molecule has 1 saturated heterocycles. The maximum atomic E-state index is 9.29. The summed E-state index contributed by atoms with van der Waals surface area (Å²) in [4.78, 5) is 2.52. The monoisotopic (exact) mass is 277 g/mol. The van der Waals surface area contributed by atoms with Gasteiger partial charge < -0.3 is 9.84 Å². The number of methoxy groups -OCH3 is 1. The van der Waals surface area contributed by atoms with Gasteiger partial charge >= 0.3 is 0 Å². The van der Waals surface area contributed by atoms with Gasteiger partial charge in [0.1, 0.15) is 5.75 Å². The van der Waals surface area contributed by atoms with Gasteiger partial charge in [-0.25, -0.2) is 0 Å². The minimum absolute atomic E-state index is 0.0881. The summed E-state index contributed by atoms with van der Waals surface area (Å²) in [5.74, 6) is 0.924. The van der Waals surface area contributed by atoms with Crippen molar-refractivity contribution in [3.63, 3.8) is 0 Å². The van der Waals surface area contributed by atoms with Gasteiger partial charge in [0.25, 0.3) is 0 Å². The van der Waals surface area contributed by atoms with E-state index in [4.69, 9.17) is 4.74 Å². The molecule has 0 saturated carbocycles. The van der Waals surface area contributed by atoms with E-state index in [2.05, 4.69) is 24.8 Å². The summed E-state index contributed by atoms with van der Waals surface area (Å²) in [5.41, 5.74) is 2.64. The zero-order chi connectivity index (χ0) is 14.6. The molecule has 0 aromatic heterocycles. The first-order chi connectivity index (χ1) is 9.66. The molecule has 1 aliphatic heterocycles. The van der Waals surface area contributed by atoms with E-state index in [9.17, 15) is 5.11 Å². The lowest BCUT2D eigenvalue weighted by Gasteiger charge is -2.26. The summed E-state index contributed by atoms with van der Waals surface area (Å²) in [6.07, 6.45) is 3.81. The standard InChI is InChI=1S/C17H27NO2/c1-4-17(5-2)8-9-18(13-17)11-15-10-14(12-19)6-7-16(15)20-3/h6-7,10,19H,4-5,8-9,11-13H2,1-3H3. The number of hydrogen-bond donors (Lipinski definition) is 1. The van der Waals surface area contributed by atoms with Gasteiger partial charge in [-0.15, -0.1) is 0 Å². The Morgan fingerprint density at radius 2 is 2.05 bits per heavy atom. The third-order valence-electron chi connectivity index (χ3n) is 4.94. The molecule has 0 unspecified atom stereocenters. The van der Waals surface area contributed by atoms with Crippen LogP contribution in [0.3, 0.4) is 0 Å². The molecule has 0 aliphatic carbocycles. The summed E-state index contributed by atoms with van der Waals surface area (Å²) in [5, 5.41) is 9.29. The molecule has 1 fully saturated rings. The van der Waals surface area contributed by atoms with Crippen molar-refractivity contribution in [2.75, 3.05) is 20.2 Å². The molecule has 3 heteroatoms. The number of aliphatic hydroxyl groups is 1. The van der Waals surface area contributed by atoms with Crippen LogP contribution in [0.1, 0.15) is 44.2 Å². The fourth-order valence-electron chi connectivity index (χ4n) is 3.28. The number of likely N-dealkylation sites (tertiary alicyclic amines) is 1. The first kappa shape index (κ1) is 15.3. The second-order valence-electron chi connectivity index (χ2n) is 5.97. The summed E-state index contributed by atoms with van der Waals surface area (Å²) < 4.78 is 5.45. The molecule has 0 amide bonds. The molecule has 0 spiro atoms. The lowest BCUT2D eigenvalue weighted by molar-refractivity contribution is 0.234. The molecule has 1 aliphatic rings. The molecule has 20 heavy (non-hydrogen) atoms. The van der Waals surface area contributed by atoms with Crippen LogP contribution in [0, 0.1) is 5.41 Å². The summed E-state index contributed by atoms with van der Waals surface area (Å²) >= 11 is 0. The highest BCUT2D eigenvalue weighted by atomic mass is 16.5. The Balaban J connectivity index is 2.10. The van der Waals surface area contributed by atoms with Crippen LogP contribution in [-0.4, -0.2) is 30.2 Å². The van der Waals surface area contributed by atoms with Gasteiger partial charge in [0.15, 0.2) is 0 Å². The maximum Gasteiger partial charge on any atom is 0.123 e. The van der Waals surface area contributed by atoms with E-state index in [1.807, 2.05) is 12.1 Å². The van der Waals surface area contributed by atoms with Crippen molar-refractivity contribution in [3.05, 3.63) is 29.3 Å². The van der Waals surface area contributed by atoms with Crippen LogP contribution in [0.5, 0.6) is 5.75 Å². The minimum Gasteiger partial charge on any atom is -0.496 e. The van der Waals surface area contributed by atoms with Gasteiger partial charge in [-0.2, -0.15) is 0 Å². The molecule has 0 radical (unpaired) electrons. The van der Waals surface area contributed by atoms with Crippen LogP contribution in [0.15, 0.2) is 18.2 Å². The van der Waals surface area contributed by atoms with Crippen molar-refractivity contribution < 1.29 is 9.84 Å². The predicted molar refractivity (Wildman–Crippen MR) is 81.8 cm³/mol. The van der Waals surface area contributed by atoms with E-state index in [1.165, 1.54) is 31.4 Å². The fourth-order valence-corrected chi connectivity index (χ4v) is 3.28. The highest BCUT2D eigenvalue weighted by Crippen LogP contribution is 2.38. The van der Waals surface area contributed by atoms with Gasteiger partial charge in [-0.1, -0.05) is 19.9 Å². The first-order valence-corrected chi connectivity index (χ1v) is 7.65. The van der Waals surface area contributed by atoms with Crippen molar-refractivity contribution in [1.29, 1.82) is 0 Å². The summed E-state index contributed by atoms with van der Waals surface area (Å²) in [6.45, 7) is 7.95. The second-order valence-corrected chi connectivity index (χ2v) is 5.97. The van der Waals surface area contributed by atoms with Gasteiger partial charge in [-0.05, 0) is 48.9 Å². The summed E-state index contributed by atoms with van der Waals surface area (Å²) in [6, 6.07) is 5.95. The zero-order valence-corrected chi connectivity index (χ0v) is 13.0. The van der Waals surface area contributed by atoms with Crippen LogP contribution in [0.25, 0.3) is 0 Å². The quantitative estimate of drug-likeness (QED) is 0.866. The van der Waals surface area contributed by atoms with Gasteiger partial charge in [0.2, 0.25) is 0 Å². The molecule has 1 N–H and O–H groups in total. The molecule has 1 aromatic rings. The maximum absolute atomic E-state index is 9.29. The Kier molecular flexibility index (Phi) is 5.06. The van der Waals surface area contributed by atoms with Crippen molar-refractivity contribution in [1.82, 2.24) is 4.90 Å². The number of aliphatic hydroxyl groups excluding tert-OH is 1. The van der Waals surface area contributed by atoms with E-state index in [0.29, 0.717) is 5.41 Å². The second kappa shape index (κ2) is 6.59. The van der Waals surface area contributed by atoms with Crippen LogP contribution in [0.4, 0.5) is 0 Å². The Labute approximate surface area is 122 Å². The number of benzene rings is 1.